The van der Waals surface area contributed by atoms with E-state index in [0.717, 1.165) is 18.7 Å². The molecule has 1 aliphatic heterocycles. The largest absolute Gasteiger partial charge is 0.368 e. The van der Waals surface area contributed by atoms with Crippen LogP contribution in [0.3, 0.4) is 0 Å². The molecule has 2 aromatic rings. The zero-order valence-electron chi connectivity index (χ0n) is 15.7. The SMILES string of the molecule is Cc1cccc(N2CCN(C(=O)CC(=O)Nc3cc(Cl)ccc3C)CC2)c1. The molecule has 27 heavy (non-hydrogen) atoms. The topological polar surface area (TPSA) is 52.7 Å². The number of anilines is 2. The molecule has 1 heterocycles. The van der Waals surface area contributed by atoms with E-state index in [0.29, 0.717) is 23.8 Å². The van der Waals surface area contributed by atoms with Crippen molar-refractivity contribution in [3.8, 4) is 0 Å². The minimum absolute atomic E-state index is 0.143. The molecule has 0 radical (unpaired) electrons. The number of aryl methyl sites for hydroxylation is 2. The van der Waals surface area contributed by atoms with Crippen LogP contribution in [0.25, 0.3) is 0 Å². The van der Waals surface area contributed by atoms with E-state index in [9.17, 15) is 9.59 Å². The van der Waals surface area contributed by atoms with Crippen molar-refractivity contribution in [1.29, 1.82) is 0 Å². The number of carbonyl (C=O) groups excluding carboxylic acids is 2. The molecule has 0 spiro atoms. The molecule has 0 unspecified atom stereocenters. The van der Waals surface area contributed by atoms with Gasteiger partial charge in [0.15, 0.2) is 0 Å². The molecule has 1 fully saturated rings. The van der Waals surface area contributed by atoms with Crippen LogP contribution in [0.5, 0.6) is 0 Å². The predicted octanol–water partition coefficient (Wildman–Crippen LogP) is 3.63. The van der Waals surface area contributed by atoms with Crippen LogP contribution in [0.15, 0.2) is 42.5 Å². The van der Waals surface area contributed by atoms with Crippen LogP contribution in [0.1, 0.15) is 17.5 Å². The summed E-state index contributed by atoms with van der Waals surface area (Å²) in [6, 6.07) is 13.7. The number of halogens is 1. The highest BCUT2D eigenvalue weighted by molar-refractivity contribution is 6.31. The summed E-state index contributed by atoms with van der Waals surface area (Å²) < 4.78 is 0. The zero-order valence-corrected chi connectivity index (χ0v) is 16.4. The van der Waals surface area contributed by atoms with Crippen LogP contribution >= 0.6 is 11.6 Å². The standard InChI is InChI=1S/C21H24ClN3O2/c1-15-4-3-5-18(12-15)24-8-10-25(11-9-24)21(27)14-20(26)23-19-13-17(22)7-6-16(19)2/h3-7,12-13H,8-11,14H2,1-2H3,(H,23,26). The van der Waals surface area contributed by atoms with Gasteiger partial charge < -0.3 is 15.1 Å². The van der Waals surface area contributed by atoms with Gasteiger partial charge in [-0.15, -0.1) is 0 Å². The molecule has 5 nitrogen and oxygen atoms in total. The van der Waals surface area contributed by atoms with Crippen molar-refractivity contribution in [3.05, 3.63) is 58.6 Å². The summed E-state index contributed by atoms with van der Waals surface area (Å²) in [7, 11) is 0. The Balaban J connectivity index is 1.52. The van der Waals surface area contributed by atoms with Crippen LogP contribution in [0.2, 0.25) is 5.02 Å². The molecule has 1 N–H and O–H groups in total. The van der Waals surface area contributed by atoms with Gasteiger partial charge in [0, 0.05) is 42.6 Å². The maximum atomic E-state index is 12.5. The molecular weight excluding hydrogens is 362 g/mol. The number of hydrogen-bond acceptors (Lipinski definition) is 3. The van der Waals surface area contributed by atoms with Gasteiger partial charge in [0.2, 0.25) is 11.8 Å². The second-order valence-electron chi connectivity index (χ2n) is 6.89. The Morgan fingerprint density at radius 1 is 1.04 bits per heavy atom. The smallest absolute Gasteiger partial charge is 0.233 e. The van der Waals surface area contributed by atoms with Crippen molar-refractivity contribution in [2.75, 3.05) is 36.4 Å². The van der Waals surface area contributed by atoms with Gasteiger partial charge in [0.1, 0.15) is 6.42 Å². The van der Waals surface area contributed by atoms with Gasteiger partial charge in [-0.25, -0.2) is 0 Å². The lowest BCUT2D eigenvalue weighted by atomic mass is 10.2. The van der Waals surface area contributed by atoms with Crippen molar-refractivity contribution < 1.29 is 9.59 Å². The molecule has 0 aromatic heterocycles. The van der Waals surface area contributed by atoms with E-state index in [1.165, 1.54) is 11.3 Å². The Morgan fingerprint density at radius 3 is 2.48 bits per heavy atom. The molecule has 1 aliphatic rings. The number of carbonyl (C=O) groups is 2. The Labute approximate surface area is 164 Å². The fraction of sp³-hybridized carbons (Fsp3) is 0.333. The molecule has 1 saturated heterocycles. The maximum Gasteiger partial charge on any atom is 0.233 e. The van der Waals surface area contributed by atoms with Gasteiger partial charge in [-0.3, -0.25) is 9.59 Å². The highest BCUT2D eigenvalue weighted by Crippen LogP contribution is 2.21. The van der Waals surface area contributed by atoms with Crippen LogP contribution in [-0.2, 0) is 9.59 Å². The first-order chi connectivity index (χ1) is 12.9. The molecule has 0 aliphatic carbocycles. The number of amides is 2. The van der Waals surface area contributed by atoms with E-state index in [4.69, 9.17) is 11.6 Å². The third-order valence-corrected chi connectivity index (χ3v) is 5.02. The monoisotopic (exact) mass is 385 g/mol. The number of benzene rings is 2. The van der Waals surface area contributed by atoms with E-state index in [-0.39, 0.29) is 18.2 Å². The molecule has 6 heteroatoms. The van der Waals surface area contributed by atoms with Gasteiger partial charge in [-0.1, -0.05) is 29.8 Å². The Bertz CT molecular complexity index is 845. The lowest BCUT2D eigenvalue weighted by Gasteiger charge is -2.36. The zero-order chi connectivity index (χ0) is 19.4. The van der Waals surface area contributed by atoms with E-state index >= 15 is 0 Å². The minimum atomic E-state index is -0.313. The number of nitrogens with one attached hydrogen (secondary N) is 1. The van der Waals surface area contributed by atoms with Gasteiger partial charge in [-0.2, -0.15) is 0 Å². The lowest BCUT2D eigenvalue weighted by molar-refractivity contribution is -0.134. The Kier molecular flexibility index (Phi) is 6.01. The molecule has 0 bridgehead atoms. The molecule has 2 aromatic carbocycles. The molecule has 142 valence electrons. The summed E-state index contributed by atoms with van der Waals surface area (Å²) in [5.41, 5.74) is 3.95. The molecule has 0 saturated carbocycles. The first-order valence-electron chi connectivity index (χ1n) is 9.08. The fourth-order valence-corrected chi connectivity index (χ4v) is 3.38. The number of nitrogens with zero attached hydrogens (tertiary/aromatic N) is 2. The van der Waals surface area contributed by atoms with E-state index < -0.39 is 0 Å². The maximum absolute atomic E-state index is 12.5. The van der Waals surface area contributed by atoms with Gasteiger partial charge in [0.25, 0.3) is 0 Å². The van der Waals surface area contributed by atoms with Crippen LogP contribution in [0, 0.1) is 13.8 Å². The summed E-state index contributed by atoms with van der Waals surface area (Å²) in [6.07, 6.45) is -0.156. The fourth-order valence-electron chi connectivity index (χ4n) is 3.21. The Morgan fingerprint density at radius 2 is 1.78 bits per heavy atom. The van der Waals surface area contributed by atoms with E-state index in [1.54, 1.807) is 17.0 Å². The van der Waals surface area contributed by atoms with Crippen molar-refractivity contribution in [3.63, 3.8) is 0 Å². The van der Waals surface area contributed by atoms with Crippen LogP contribution in [-0.4, -0.2) is 42.9 Å². The van der Waals surface area contributed by atoms with Crippen LogP contribution < -0.4 is 10.2 Å². The summed E-state index contributed by atoms with van der Waals surface area (Å²) in [4.78, 5) is 28.7. The number of hydrogen-bond donors (Lipinski definition) is 1. The van der Waals surface area contributed by atoms with Crippen molar-refractivity contribution in [2.45, 2.75) is 20.3 Å². The van der Waals surface area contributed by atoms with Gasteiger partial charge >= 0.3 is 0 Å². The highest BCUT2D eigenvalue weighted by Gasteiger charge is 2.23. The molecule has 0 atom stereocenters. The van der Waals surface area contributed by atoms with Crippen molar-refractivity contribution in [2.24, 2.45) is 0 Å². The first kappa shape index (κ1) is 19.2. The average Bonchev–Trinajstić information content (AvgIpc) is 2.65. The molecule has 2 amide bonds. The minimum Gasteiger partial charge on any atom is -0.368 e. The summed E-state index contributed by atoms with van der Waals surface area (Å²) in [5.74, 6) is -0.456. The highest BCUT2D eigenvalue weighted by atomic mass is 35.5. The second-order valence-corrected chi connectivity index (χ2v) is 7.33. The van der Waals surface area contributed by atoms with E-state index in [1.807, 2.05) is 19.1 Å². The van der Waals surface area contributed by atoms with Gasteiger partial charge in [0.05, 0.1) is 0 Å². The average molecular weight is 386 g/mol. The summed E-state index contributed by atoms with van der Waals surface area (Å²) in [5, 5.41) is 3.33. The first-order valence-corrected chi connectivity index (χ1v) is 9.45. The Hall–Kier alpha value is -2.53. The lowest BCUT2D eigenvalue weighted by Crippen LogP contribution is -2.49. The third kappa shape index (κ3) is 5.01. The summed E-state index contributed by atoms with van der Waals surface area (Å²) >= 11 is 5.97. The van der Waals surface area contributed by atoms with Gasteiger partial charge in [-0.05, 0) is 49.2 Å². The second kappa shape index (κ2) is 8.44. The quantitative estimate of drug-likeness (QED) is 0.817. The molecular formula is C21H24ClN3O2. The van der Waals surface area contributed by atoms with E-state index in [2.05, 4.69) is 35.3 Å². The van der Waals surface area contributed by atoms with Crippen molar-refractivity contribution in [1.82, 2.24) is 4.90 Å². The van der Waals surface area contributed by atoms with Crippen LogP contribution in [0.4, 0.5) is 11.4 Å². The summed E-state index contributed by atoms with van der Waals surface area (Å²) in [6.45, 7) is 6.74. The number of rotatable bonds is 4. The molecule has 3 rings (SSSR count). The number of piperazine rings is 1. The van der Waals surface area contributed by atoms with Crippen molar-refractivity contribution >= 4 is 34.8 Å². The predicted molar refractivity (Wildman–Crippen MR) is 109 cm³/mol. The normalized spacial score (nSPS) is 14.2. The third-order valence-electron chi connectivity index (χ3n) is 4.78.